The summed E-state index contributed by atoms with van der Waals surface area (Å²) >= 11 is 0. The average Bonchev–Trinajstić information content (AvgIpc) is 3.10. The van der Waals surface area contributed by atoms with Crippen molar-refractivity contribution in [2.45, 2.75) is 32.4 Å². The minimum atomic E-state index is -0.108. The first kappa shape index (κ1) is 19.6. The minimum absolute atomic E-state index is 0.108. The molecule has 0 radical (unpaired) electrons. The molecule has 30 heavy (non-hydrogen) atoms. The third kappa shape index (κ3) is 3.84. The number of anilines is 1. The second-order valence-electron chi connectivity index (χ2n) is 8.78. The number of benzene rings is 2. The molecule has 1 aromatic heterocycles. The monoisotopic (exact) mass is 406 g/mol. The van der Waals surface area contributed by atoms with E-state index >= 15 is 0 Å². The molecule has 2 aliphatic heterocycles. The van der Waals surface area contributed by atoms with E-state index in [9.17, 15) is 4.39 Å². The van der Waals surface area contributed by atoms with Crippen LogP contribution in [0.25, 0.3) is 10.9 Å². The maximum Gasteiger partial charge on any atom is 0.146 e. The molecule has 1 atom stereocenters. The standard InChI is InChI=1S/C25H31FN4/c1-19-21-8-2-4-10-23(21)27-24(19)18-28-12-6-7-20(17-28)29-13-15-30(16-14-29)25-11-5-3-9-22(25)26/h2-5,8-11,20,27H,6-7,12-18H2,1H3/t20-/m0/s1. The molecular formula is C25H31FN4. The molecule has 0 unspecified atom stereocenters. The van der Waals surface area contributed by atoms with Crippen molar-refractivity contribution in [2.75, 3.05) is 44.2 Å². The van der Waals surface area contributed by atoms with Crippen molar-refractivity contribution < 1.29 is 4.39 Å². The molecule has 0 spiro atoms. The van der Waals surface area contributed by atoms with Crippen molar-refractivity contribution in [3.8, 4) is 0 Å². The van der Waals surface area contributed by atoms with Gasteiger partial charge < -0.3 is 9.88 Å². The van der Waals surface area contributed by atoms with Crippen LogP contribution in [0, 0.1) is 12.7 Å². The second kappa shape index (κ2) is 8.40. The number of rotatable bonds is 4. The van der Waals surface area contributed by atoms with Gasteiger partial charge in [-0.15, -0.1) is 0 Å². The summed E-state index contributed by atoms with van der Waals surface area (Å²) in [6.45, 7) is 9.34. The molecule has 2 aromatic carbocycles. The molecular weight excluding hydrogens is 375 g/mol. The lowest BCUT2D eigenvalue weighted by atomic mass is 10.0. The SMILES string of the molecule is Cc1c(CN2CCC[C@H](N3CCN(c4ccccc4F)CC3)C2)[nH]c2ccccc12. The van der Waals surface area contributed by atoms with Gasteiger partial charge >= 0.3 is 0 Å². The normalized spacial score (nSPS) is 21.4. The highest BCUT2D eigenvalue weighted by molar-refractivity contribution is 5.84. The van der Waals surface area contributed by atoms with Crippen LogP contribution in [0.15, 0.2) is 48.5 Å². The van der Waals surface area contributed by atoms with Crippen molar-refractivity contribution in [2.24, 2.45) is 0 Å². The average molecular weight is 407 g/mol. The van der Waals surface area contributed by atoms with Gasteiger partial charge in [0.15, 0.2) is 0 Å². The van der Waals surface area contributed by atoms with E-state index in [4.69, 9.17) is 0 Å². The number of hydrogen-bond donors (Lipinski definition) is 1. The molecule has 3 heterocycles. The van der Waals surface area contributed by atoms with Gasteiger partial charge in [-0.3, -0.25) is 9.80 Å². The summed E-state index contributed by atoms with van der Waals surface area (Å²) in [6, 6.07) is 16.3. The molecule has 0 aliphatic carbocycles. The van der Waals surface area contributed by atoms with E-state index in [1.165, 1.54) is 41.5 Å². The number of halogens is 1. The Hall–Kier alpha value is -2.37. The van der Waals surface area contributed by atoms with E-state index in [1.807, 2.05) is 12.1 Å². The second-order valence-corrected chi connectivity index (χ2v) is 8.78. The van der Waals surface area contributed by atoms with E-state index in [-0.39, 0.29) is 5.82 Å². The maximum absolute atomic E-state index is 14.1. The summed E-state index contributed by atoms with van der Waals surface area (Å²) in [5.41, 5.74) is 4.71. The molecule has 5 rings (SSSR count). The van der Waals surface area contributed by atoms with Crippen LogP contribution in [0.2, 0.25) is 0 Å². The fourth-order valence-electron chi connectivity index (χ4n) is 5.23. The fourth-order valence-corrected chi connectivity index (χ4v) is 5.23. The minimum Gasteiger partial charge on any atom is -0.367 e. The van der Waals surface area contributed by atoms with Gasteiger partial charge in [-0.05, 0) is 50.1 Å². The number of piperazine rings is 1. The number of aromatic nitrogens is 1. The zero-order valence-corrected chi connectivity index (χ0v) is 17.8. The van der Waals surface area contributed by atoms with Gasteiger partial charge in [-0.25, -0.2) is 4.39 Å². The van der Waals surface area contributed by atoms with Crippen LogP contribution in [0.3, 0.4) is 0 Å². The smallest absolute Gasteiger partial charge is 0.146 e. The first-order valence-electron chi connectivity index (χ1n) is 11.2. The Kier molecular flexibility index (Phi) is 5.48. The topological polar surface area (TPSA) is 25.5 Å². The lowest BCUT2D eigenvalue weighted by Crippen LogP contribution is -2.55. The van der Waals surface area contributed by atoms with E-state index in [0.29, 0.717) is 6.04 Å². The molecule has 2 fully saturated rings. The van der Waals surface area contributed by atoms with E-state index in [0.717, 1.165) is 45.0 Å². The van der Waals surface area contributed by atoms with Gasteiger partial charge in [0.05, 0.1) is 5.69 Å². The van der Waals surface area contributed by atoms with Crippen LogP contribution in [-0.4, -0.2) is 60.1 Å². The third-order valence-electron chi connectivity index (χ3n) is 6.96. The van der Waals surface area contributed by atoms with Crippen LogP contribution in [0.1, 0.15) is 24.1 Å². The van der Waals surface area contributed by atoms with E-state index in [1.54, 1.807) is 12.1 Å². The van der Waals surface area contributed by atoms with Crippen molar-refractivity contribution in [1.82, 2.24) is 14.8 Å². The molecule has 3 aromatic rings. The van der Waals surface area contributed by atoms with Crippen LogP contribution in [-0.2, 0) is 6.54 Å². The Morgan fingerprint density at radius 3 is 2.53 bits per heavy atom. The number of piperidine rings is 1. The molecule has 2 aliphatic rings. The van der Waals surface area contributed by atoms with Crippen LogP contribution in [0.5, 0.6) is 0 Å². The Bertz CT molecular complexity index is 1010. The van der Waals surface area contributed by atoms with Gasteiger partial charge in [-0.1, -0.05) is 30.3 Å². The molecule has 1 N–H and O–H groups in total. The number of nitrogens with one attached hydrogen (secondary N) is 1. The Morgan fingerprint density at radius 2 is 1.73 bits per heavy atom. The van der Waals surface area contributed by atoms with E-state index in [2.05, 4.69) is 50.9 Å². The van der Waals surface area contributed by atoms with Gasteiger partial charge in [0.1, 0.15) is 5.82 Å². The summed E-state index contributed by atoms with van der Waals surface area (Å²) in [4.78, 5) is 11.1. The Balaban J connectivity index is 1.21. The van der Waals surface area contributed by atoms with Gasteiger partial charge in [0.2, 0.25) is 0 Å². The Morgan fingerprint density at radius 1 is 0.967 bits per heavy atom. The van der Waals surface area contributed by atoms with Gasteiger partial charge in [0, 0.05) is 61.9 Å². The number of aromatic amines is 1. The highest BCUT2D eigenvalue weighted by Gasteiger charge is 2.29. The van der Waals surface area contributed by atoms with Gasteiger partial charge in [-0.2, -0.15) is 0 Å². The summed E-state index contributed by atoms with van der Waals surface area (Å²) < 4.78 is 14.1. The summed E-state index contributed by atoms with van der Waals surface area (Å²) in [7, 11) is 0. The van der Waals surface area contributed by atoms with Crippen LogP contribution >= 0.6 is 0 Å². The number of para-hydroxylation sites is 2. The molecule has 4 nitrogen and oxygen atoms in total. The number of hydrogen-bond acceptors (Lipinski definition) is 3. The number of nitrogens with zero attached hydrogens (tertiary/aromatic N) is 3. The van der Waals surface area contributed by atoms with Crippen molar-refractivity contribution in [3.05, 3.63) is 65.6 Å². The predicted molar refractivity (Wildman–Crippen MR) is 122 cm³/mol. The summed E-state index contributed by atoms with van der Waals surface area (Å²) in [6.07, 6.45) is 2.51. The summed E-state index contributed by atoms with van der Waals surface area (Å²) in [5, 5.41) is 1.34. The Labute approximate surface area is 178 Å². The van der Waals surface area contributed by atoms with Gasteiger partial charge in [0.25, 0.3) is 0 Å². The lowest BCUT2D eigenvalue weighted by Gasteiger charge is -2.44. The van der Waals surface area contributed by atoms with Crippen molar-refractivity contribution in [3.63, 3.8) is 0 Å². The molecule has 0 amide bonds. The number of aryl methyl sites for hydroxylation is 1. The zero-order chi connectivity index (χ0) is 20.5. The zero-order valence-electron chi connectivity index (χ0n) is 17.8. The largest absolute Gasteiger partial charge is 0.367 e. The molecule has 158 valence electrons. The molecule has 0 saturated carbocycles. The predicted octanol–water partition coefficient (Wildman–Crippen LogP) is 4.40. The highest BCUT2D eigenvalue weighted by atomic mass is 19.1. The highest BCUT2D eigenvalue weighted by Crippen LogP contribution is 2.26. The van der Waals surface area contributed by atoms with E-state index < -0.39 is 0 Å². The number of likely N-dealkylation sites (tertiary alicyclic amines) is 1. The quantitative estimate of drug-likeness (QED) is 0.695. The number of fused-ring (bicyclic) bond motifs is 1. The fraction of sp³-hybridized carbons (Fsp3) is 0.440. The summed E-state index contributed by atoms with van der Waals surface area (Å²) in [5.74, 6) is -0.108. The lowest BCUT2D eigenvalue weighted by molar-refractivity contribution is 0.0880. The van der Waals surface area contributed by atoms with Crippen LogP contribution < -0.4 is 4.90 Å². The molecule has 2 saturated heterocycles. The van der Waals surface area contributed by atoms with Crippen molar-refractivity contribution >= 4 is 16.6 Å². The molecule has 0 bridgehead atoms. The molecule has 5 heteroatoms. The van der Waals surface area contributed by atoms with Crippen LogP contribution in [0.4, 0.5) is 10.1 Å². The first-order valence-corrected chi connectivity index (χ1v) is 11.2. The van der Waals surface area contributed by atoms with Crippen molar-refractivity contribution in [1.29, 1.82) is 0 Å². The third-order valence-corrected chi connectivity index (χ3v) is 6.96. The number of H-pyrrole nitrogens is 1. The maximum atomic E-state index is 14.1. The first-order chi connectivity index (χ1) is 14.7.